The third-order valence-electron chi connectivity index (χ3n) is 2.63. The van der Waals surface area contributed by atoms with Crippen LogP contribution in [-0.4, -0.2) is 22.2 Å². The molecule has 3 heteroatoms. The van der Waals surface area contributed by atoms with Crippen LogP contribution in [0.1, 0.15) is 23.6 Å². The van der Waals surface area contributed by atoms with Crippen LogP contribution in [0.5, 0.6) is 0 Å². The van der Waals surface area contributed by atoms with Gasteiger partial charge in [-0.2, -0.15) is 0 Å². The fraction of sp³-hybridized carbons (Fsp3) is 0.400. The number of aromatic amines is 1. The topological polar surface area (TPSA) is 41.0 Å². The number of aliphatic imine (C=N–C) groups is 1. The lowest BCUT2D eigenvalue weighted by molar-refractivity contribution is 1.05. The molecule has 3 nitrogen and oxygen atoms in total. The van der Waals surface area contributed by atoms with E-state index in [1.54, 1.807) is 0 Å². The number of hydrogen-bond donors (Lipinski definition) is 1. The monoisotopic (exact) mass is 173 g/mol. The highest BCUT2D eigenvalue weighted by atomic mass is 14.9. The number of allylic oxidation sites excluding steroid dienone is 1. The molecule has 1 aliphatic heterocycles. The van der Waals surface area contributed by atoms with Crippen molar-refractivity contribution in [1.82, 2.24) is 9.97 Å². The van der Waals surface area contributed by atoms with Gasteiger partial charge in [-0.25, -0.2) is 4.98 Å². The van der Waals surface area contributed by atoms with Crippen molar-refractivity contribution in [3.05, 3.63) is 23.3 Å². The molecule has 0 unspecified atom stereocenters. The van der Waals surface area contributed by atoms with Crippen LogP contribution in [-0.2, 0) is 6.42 Å². The summed E-state index contributed by atoms with van der Waals surface area (Å²) in [5, 5.41) is 0. The molecule has 1 aromatic rings. The van der Waals surface area contributed by atoms with Crippen LogP contribution in [0, 0.1) is 6.92 Å². The van der Waals surface area contributed by atoms with E-state index < -0.39 is 0 Å². The molecule has 2 aliphatic rings. The average molecular weight is 173 g/mol. The van der Waals surface area contributed by atoms with Crippen molar-refractivity contribution in [2.75, 3.05) is 6.54 Å². The summed E-state index contributed by atoms with van der Waals surface area (Å²) in [6.45, 7) is 2.85. The molecule has 3 rings (SSSR count). The quantitative estimate of drug-likeness (QED) is 0.634. The fourth-order valence-electron chi connectivity index (χ4n) is 2.07. The number of dihydropyridines is 1. The van der Waals surface area contributed by atoms with Crippen molar-refractivity contribution in [2.24, 2.45) is 4.99 Å². The Morgan fingerprint density at radius 2 is 2.31 bits per heavy atom. The van der Waals surface area contributed by atoms with Gasteiger partial charge in [0.15, 0.2) is 0 Å². The van der Waals surface area contributed by atoms with Crippen molar-refractivity contribution >= 4 is 11.3 Å². The van der Waals surface area contributed by atoms with E-state index in [0.717, 1.165) is 25.2 Å². The molecule has 0 radical (unpaired) electrons. The summed E-state index contributed by atoms with van der Waals surface area (Å²) in [4.78, 5) is 12.2. The number of aromatic nitrogens is 2. The van der Waals surface area contributed by atoms with Gasteiger partial charge in [0.1, 0.15) is 5.82 Å². The zero-order chi connectivity index (χ0) is 8.84. The molecule has 0 spiro atoms. The van der Waals surface area contributed by atoms with Gasteiger partial charge in [-0.3, -0.25) is 4.99 Å². The number of H-pyrrole nitrogens is 1. The predicted molar refractivity (Wildman–Crippen MR) is 51.9 cm³/mol. The Morgan fingerprint density at radius 1 is 1.38 bits per heavy atom. The van der Waals surface area contributed by atoms with E-state index >= 15 is 0 Å². The molecule has 2 bridgehead atoms. The Morgan fingerprint density at radius 3 is 3.23 bits per heavy atom. The number of rotatable bonds is 0. The highest BCUT2D eigenvalue weighted by Gasteiger charge is 2.23. The van der Waals surface area contributed by atoms with Crippen molar-refractivity contribution in [1.29, 1.82) is 0 Å². The van der Waals surface area contributed by atoms with Gasteiger partial charge in [-0.05, 0) is 12.5 Å². The van der Waals surface area contributed by atoms with Crippen molar-refractivity contribution in [2.45, 2.75) is 19.8 Å². The van der Waals surface area contributed by atoms with Crippen LogP contribution in [0.25, 0.3) is 5.57 Å². The molecule has 1 aliphatic carbocycles. The van der Waals surface area contributed by atoms with Gasteiger partial charge in [-0.1, -0.05) is 6.08 Å². The normalized spacial score (nSPS) is 19.2. The lowest BCUT2D eigenvalue weighted by Crippen LogP contribution is -2.16. The van der Waals surface area contributed by atoms with E-state index in [0.29, 0.717) is 0 Å². The SMILES string of the molecule is Cc1nc2c([nH]1)CC1=NCC=C2C1. The Hall–Kier alpha value is -1.38. The van der Waals surface area contributed by atoms with Crippen LogP contribution < -0.4 is 0 Å². The molecule has 66 valence electrons. The third-order valence-corrected chi connectivity index (χ3v) is 2.63. The molecule has 0 aromatic carbocycles. The van der Waals surface area contributed by atoms with Crippen LogP contribution in [0.4, 0.5) is 0 Å². The highest BCUT2D eigenvalue weighted by Crippen LogP contribution is 2.29. The first-order chi connectivity index (χ1) is 6.33. The first kappa shape index (κ1) is 7.06. The van der Waals surface area contributed by atoms with E-state index in [1.807, 2.05) is 6.92 Å². The minimum Gasteiger partial charge on any atom is -0.345 e. The van der Waals surface area contributed by atoms with Crippen molar-refractivity contribution < 1.29 is 0 Å². The Balaban J connectivity index is 2.21. The third kappa shape index (κ3) is 0.963. The van der Waals surface area contributed by atoms with Crippen molar-refractivity contribution in [3.63, 3.8) is 0 Å². The van der Waals surface area contributed by atoms with E-state index in [9.17, 15) is 0 Å². The average Bonchev–Trinajstić information content (AvgIpc) is 2.47. The summed E-state index contributed by atoms with van der Waals surface area (Å²) in [7, 11) is 0. The molecular formula is C10H11N3. The minimum atomic E-state index is 0.843. The van der Waals surface area contributed by atoms with Crippen molar-refractivity contribution in [3.8, 4) is 0 Å². The molecule has 0 atom stereocenters. The van der Waals surface area contributed by atoms with E-state index in [1.165, 1.54) is 22.7 Å². The number of aryl methyl sites for hydroxylation is 1. The predicted octanol–water partition coefficient (Wildman–Crippen LogP) is 1.50. The Bertz CT molecular complexity index is 423. The summed E-state index contributed by atoms with van der Waals surface area (Å²) in [5.41, 5.74) is 5.08. The first-order valence-corrected chi connectivity index (χ1v) is 4.60. The first-order valence-electron chi connectivity index (χ1n) is 4.60. The molecule has 2 heterocycles. The molecule has 0 fully saturated rings. The van der Waals surface area contributed by atoms with Crippen LogP contribution >= 0.6 is 0 Å². The lowest BCUT2D eigenvalue weighted by Gasteiger charge is -2.19. The summed E-state index contributed by atoms with van der Waals surface area (Å²) >= 11 is 0. The van der Waals surface area contributed by atoms with Gasteiger partial charge in [0.25, 0.3) is 0 Å². The van der Waals surface area contributed by atoms with Crippen LogP contribution in [0.2, 0.25) is 0 Å². The summed E-state index contributed by atoms with van der Waals surface area (Å²) in [5.74, 6) is 1.01. The van der Waals surface area contributed by atoms with Gasteiger partial charge in [0.05, 0.1) is 12.2 Å². The smallest absolute Gasteiger partial charge is 0.103 e. The maximum Gasteiger partial charge on any atom is 0.103 e. The minimum absolute atomic E-state index is 0.843. The summed E-state index contributed by atoms with van der Waals surface area (Å²) in [6, 6.07) is 0. The second kappa shape index (κ2) is 2.31. The lowest BCUT2D eigenvalue weighted by atomic mass is 9.92. The largest absolute Gasteiger partial charge is 0.345 e. The Labute approximate surface area is 76.6 Å². The molecule has 13 heavy (non-hydrogen) atoms. The number of nitrogens with one attached hydrogen (secondary N) is 1. The van der Waals surface area contributed by atoms with Crippen LogP contribution in [0.3, 0.4) is 0 Å². The van der Waals surface area contributed by atoms with Gasteiger partial charge in [0, 0.05) is 24.2 Å². The summed E-state index contributed by atoms with van der Waals surface area (Å²) < 4.78 is 0. The Kier molecular flexibility index (Phi) is 1.26. The molecule has 0 amide bonds. The van der Waals surface area contributed by atoms with Gasteiger partial charge < -0.3 is 4.98 Å². The zero-order valence-electron chi connectivity index (χ0n) is 7.59. The molecule has 1 N–H and O–H groups in total. The summed E-state index contributed by atoms with van der Waals surface area (Å²) in [6.07, 6.45) is 4.16. The van der Waals surface area contributed by atoms with Gasteiger partial charge >= 0.3 is 0 Å². The number of nitrogens with zero attached hydrogens (tertiary/aromatic N) is 2. The molecule has 0 saturated carbocycles. The van der Waals surface area contributed by atoms with Crippen LogP contribution in [0.15, 0.2) is 11.1 Å². The number of imidazole rings is 1. The molecular weight excluding hydrogens is 162 g/mol. The van der Waals surface area contributed by atoms with E-state index in [4.69, 9.17) is 0 Å². The maximum absolute atomic E-state index is 4.49. The molecule has 1 aromatic heterocycles. The second-order valence-corrected chi connectivity index (χ2v) is 3.64. The number of hydrogen-bond acceptors (Lipinski definition) is 2. The van der Waals surface area contributed by atoms with Gasteiger partial charge in [0.2, 0.25) is 0 Å². The maximum atomic E-state index is 4.49. The highest BCUT2D eigenvalue weighted by molar-refractivity contribution is 6.00. The fourth-order valence-corrected chi connectivity index (χ4v) is 2.07. The zero-order valence-corrected chi connectivity index (χ0v) is 7.59. The molecule has 0 saturated heterocycles. The second-order valence-electron chi connectivity index (χ2n) is 3.64. The number of fused-ring (bicyclic) bond motifs is 4. The van der Waals surface area contributed by atoms with E-state index in [2.05, 4.69) is 21.0 Å². The standard InChI is InChI=1S/C10H11N3/c1-6-12-9-5-8-4-7(2-3-11-8)10(9)13-6/h2H,3-5H2,1H3,(H,12,13). The van der Waals surface area contributed by atoms with E-state index in [-0.39, 0.29) is 0 Å². The van der Waals surface area contributed by atoms with Gasteiger partial charge in [-0.15, -0.1) is 0 Å².